The SMILES string of the molecule is O=[N+]([O-])P.S. The molecule has 0 radical (unpaired) electrons. The monoisotopic (exact) mass is 113 g/mol. The average molecular weight is 113 g/mol. The maximum atomic E-state index is 8.77. The van der Waals surface area contributed by atoms with Crippen molar-refractivity contribution in [2.45, 2.75) is 0 Å². The van der Waals surface area contributed by atoms with Crippen molar-refractivity contribution in [1.29, 1.82) is 0 Å². The van der Waals surface area contributed by atoms with Crippen LogP contribution in [0.4, 0.5) is 0 Å². The second-order valence-electron chi connectivity index (χ2n) is 0.285. The van der Waals surface area contributed by atoms with Gasteiger partial charge in [-0.05, 0) is 0 Å². The van der Waals surface area contributed by atoms with Crippen LogP contribution in [0.25, 0.3) is 0 Å². The lowest BCUT2D eigenvalue weighted by atomic mass is 13.4. The summed E-state index contributed by atoms with van der Waals surface area (Å²) in [5, 5.41) is 8.77. The van der Waals surface area contributed by atoms with Crippen LogP contribution in [0.15, 0.2) is 0 Å². The molecule has 0 heterocycles. The molecule has 0 aromatic rings. The molecule has 3 nitrogen and oxygen atoms in total. The lowest BCUT2D eigenvalue weighted by Gasteiger charge is -1.62. The van der Waals surface area contributed by atoms with E-state index in [1.165, 1.54) is 9.39 Å². The number of hydrogen-bond acceptors (Lipinski definition) is 2. The van der Waals surface area contributed by atoms with E-state index in [9.17, 15) is 0 Å². The zero-order valence-corrected chi connectivity index (χ0v) is 4.50. The summed E-state index contributed by atoms with van der Waals surface area (Å²) in [5.41, 5.74) is 0. The molecule has 0 saturated carbocycles. The first kappa shape index (κ1) is 8.95. The van der Waals surface area contributed by atoms with Gasteiger partial charge in [-0.2, -0.15) is 13.5 Å². The minimum atomic E-state index is -0.583. The average Bonchev–Trinajstić information content (AvgIpc) is 0.811. The van der Waals surface area contributed by atoms with Crippen molar-refractivity contribution in [1.82, 2.24) is 0 Å². The first-order valence-electron chi connectivity index (χ1n) is 0.623. The Morgan fingerprint density at radius 1 is 1.80 bits per heavy atom. The highest BCUT2D eigenvalue weighted by molar-refractivity contribution is 7.59. The Kier molecular flexibility index (Phi) is 7.48. The van der Waals surface area contributed by atoms with Gasteiger partial charge in [0.1, 0.15) is 0 Å². The molecule has 5 heavy (non-hydrogen) atoms. The Bertz CT molecular complexity index is 32.6. The summed E-state index contributed by atoms with van der Waals surface area (Å²) in [6.45, 7) is 0. The van der Waals surface area contributed by atoms with Gasteiger partial charge >= 0.3 is 0 Å². The summed E-state index contributed by atoms with van der Waals surface area (Å²) in [7, 11) is 1.38. The number of nitrogens with zero attached hydrogens (tertiary/aromatic N) is 1. The molecule has 0 spiro atoms. The molecule has 0 N–H and O–H groups in total. The van der Waals surface area contributed by atoms with Crippen molar-refractivity contribution in [3.8, 4) is 0 Å². The quantitative estimate of drug-likeness (QED) is 0.255. The van der Waals surface area contributed by atoms with E-state index in [-0.39, 0.29) is 13.5 Å². The Hall–Kier alpha value is 0.180. The van der Waals surface area contributed by atoms with E-state index in [1.807, 2.05) is 0 Å². The molecule has 32 valence electrons. The minimum absolute atomic E-state index is 0. The summed E-state index contributed by atoms with van der Waals surface area (Å²) >= 11 is 0. The topological polar surface area (TPSA) is 43.1 Å². The molecule has 0 aliphatic rings. The molecule has 0 saturated heterocycles. The van der Waals surface area contributed by atoms with Gasteiger partial charge in [0, 0.05) is 4.69 Å². The van der Waals surface area contributed by atoms with Crippen molar-refractivity contribution in [3.63, 3.8) is 0 Å². The third kappa shape index (κ3) is 613. The molecular weight excluding hydrogens is 109 g/mol. The molecule has 0 aromatic carbocycles. The molecular formula is H4NO2PS. The van der Waals surface area contributed by atoms with Gasteiger partial charge in [-0.1, -0.05) is 0 Å². The third-order valence-electron chi connectivity index (χ3n) is 0. The van der Waals surface area contributed by atoms with E-state index in [2.05, 4.69) is 0 Å². The molecule has 1 atom stereocenters. The standard InChI is InChI=1S/H2NO2P.H2S/c2-1(3)4;/h4H2;1H2. The molecule has 0 aliphatic carbocycles. The molecule has 0 aromatic heterocycles. The first-order valence-corrected chi connectivity index (χ1v) is 1.14. The fourth-order valence-electron chi connectivity index (χ4n) is 0. The smallest absolute Gasteiger partial charge is 0.223 e. The van der Waals surface area contributed by atoms with Crippen molar-refractivity contribution >= 4 is 22.9 Å². The van der Waals surface area contributed by atoms with Gasteiger partial charge in [0.05, 0.1) is 0 Å². The zero-order valence-electron chi connectivity index (χ0n) is 2.34. The van der Waals surface area contributed by atoms with E-state index < -0.39 is 4.69 Å². The van der Waals surface area contributed by atoms with Crippen molar-refractivity contribution in [2.24, 2.45) is 0 Å². The largest absolute Gasteiger partial charge is 0.264 e. The van der Waals surface area contributed by atoms with Crippen LogP contribution in [-0.2, 0) is 0 Å². The van der Waals surface area contributed by atoms with E-state index in [1.54, 1.807) is 0 Å². The molecule has 0 fully saturated rings. The van der Waals surface area contributed by atoms with Crippen LogP contribution in [0.5, 0.6) is 0 Å². The van der Waals surface area contributed by atoms with E-state index in [0.717, 1.165) is 0 Å². The first-order chi connectivity index (χ1) is 1.73. The van der Waals surface area contributed by atoms with Gasteiger partial charge in [-0.3, -0.25) is 10.1 Å². The minimum Gasteiger partial charge on any atom is -0.264 e. The third-order valence-corrected chi connectivity index (χ3v) is 0. The van der Waals surface area contributed by atoms with Crippen molar-refractivity contribution in [3.05, 3.63) is 10.1 Å². The Balaban J connectivity index is 0. The maximum absolute atomic E-state index is 8.77. The Labute approximate surface area is 38.6 Å². The molecule has 0 aliphatic heterocycles. The second-order valence-corrected chi connectivity index (χ2v) is 0.707. The van der Waals surface area contributed by atoms with Gasteiger partial charge in [-0.15, -0.1) is 0 Å². The number of rotatable bonds is 0. The molecule has 0 rings (SSSR count). The van der Waals surface area contributed by atoms with E-state index in [4.69, 9.17) is 10.1 Å². The second kappa shape index (κ2) is 4.18. The van der Waals surface area contributed by atoms with Crippen molar-refractivity contribution < 1.29 is 4.69 Å². The maximum Gasteiger partial charge on any atom is 0.223 e. The summed E-state index contributed by atoms with van der Waals surface area (Å²) in [6.07, 6.45) is 0. The van der Waals surface area contributed by atoms with Crippen LogP contribution in [0.2, 0.25) is 0 Å². The number of hydrogen-bond donors (Lipinski definition) is 0. The molecule has 0 amide bonds. The molecule has 5 heteroatoms. The van der Waals surface area contributed by atoms with Crippen LogP contribution < -0.4 is 0 Å². The fraction of sp³-hybridized carbons (Fsp3) is 0. The lowest BCUT2D eigenvalue weighted by Crippen LogP contribution is -1.64. The van der Waals surface area contributed by atoms with Gasteiger partial charge < -0.3 is 0 Å². The molecule has 0 bridgehead atoms. The predicted molar refractivity (Wildman–Crippen MR) is 27.1 cm³/mol. The highest BCUT2D eigenvalue weighted by Crippen LogP contribution is 1.72. The summed E-state index contributed by atoms with van der Waals surface area (Å²) < 4.78 is -0.583. The van der Waals surface area contributed by atoms with Crippen LogP contribution in [0, 0.1) is 10.1 Å². The summed E-state index contributed by atoms with van der Waals surface area (Å²) in [5.74, 6) is 0. The highest BCUT2D eigenvalue weighted by atomic mass is 32.1. The van der Waals surface area contributed by atoms with Crippen LogP contribution in [0.3, 0.4) is 0 Å². The normalized spacial score (nSPS) is 5.00. The van der Waals surface area contributed by atoms with E-state index >= 15 is 0 Å². The van der Waals surface area contributed by atoms with Crippen LogP contribution in [0.1, 0.15) is 0 Å². The van der Waals surface area contributed by atoms with Crippen molar-refractivity contribution in [2.75, 3.05) is 0 Å². The van der Waals surface area contributed by atoms with Crippen LogP contribution in [-0.4, -0.2) is 4.69 Å². The molecule has 1 unspecified atom stereocenters. The fourth-order valence-corrected chi connectivity index (χ4v) is 0. The summed E-state index contributed by atoms with van der Waals surface area (Å²) in [4.78, 5) is 8.77. The number of nitro groups is 1. The Morgan fingerprint density at radius 2 is 1.80 bits per heavy atom. The predicted octanol–water partition coefficient (Wildman–Crippen LogP) is 0.166. The zero-order chi connectivity index (χ0) is 3.58. The Morgan fingerprint density at radius 3 is 1.80 bits per heavy atom. The van der Waals surface area contributed by atoms with Gasteiger partial charge in [0.15, 0.2) is 0 Å². The van der Waals surface area contributed by atoms with Crippen LogP contribution >= 0.6 is 22.9 Å². The highest BCUT2D eigenvalue weighted by Gasteiger charge is 1.58. The van der Waals surface area contributed by atoms with E-state index in [0.29, 0.717) is 0 Å². The lowest BCUT2D eigenvalue weighted by molar-refractivity contribution is -0.288. The van der Waals surface area contributed by atoms with Gasteiger partial charge in [0.2, 0.25) is 9.39 Å². The summed E-state index contributed by atoms with van der Waals surface area (Å²) in [6, 6.07) is 0. The van der Waals surface area contributed by atoms with Gasteiger partial charge in [-0.25, -0.2) is 0 Å². The van der Waals surface area contributed by atoms with Gasteiger partial charge in [0.25, 0.3) is 0 Å².